The molecule has 0 aromatic carbocycles. The van der Waals surface area contributed by atoms with Gasteiger partial charge in [0.05, 0.1) is 0 Å². The van der Waals surface area contributed by atoms with Crippen molar-refractivity contribution in [2.75, 3.05) is 18.0 Å². The van der Waals surface area contributed by atoms with Gasteiger partial charge in [0.25, 0.3) is 5.56 Å². The van der Waals surface area contributed by atoms with Gasteiger partial charge in [0.2, 0.25) is 0 Å². The molecule has 4 nitrogen and oxygen atoms in total. The first-order valence-corrected chi connectivity index (χ1v) is 6.46. The summed E-state index contributed by atoms with van der Waals surface area (Å²) in [5.41, 5.74) is 1.14. The Kier molecular flexibility index (Phi) is 2.43. The molecule has 17 heavy (non-hydrogen) atoms. The fourth-order valence-electron chi connectivity index (χ4n) is 3.01. The monoisotopic (exact) mass is 253 g/mol. The number of rotatable bonds is 1. The van der Waals surface area contributed by atoms with Gasteiger partial charge in [-0.2, -0.15) is 5.10 Å². The van der Waals surface area contributed by atoms with Crippen LogP contribution in [0.5, 0.6) is 0 Å². The standard InChI is InChI=1S/C12H16ClN3O/c1-15-11(17)9(7-10(13)14-15)16-6-5-12(8-16)3-2-4-12/h7H,2-6,8H2,1H3. The molecule has 2 aliphatic rings. The smallest absolute Gasteiger partial charge is 0.290 e. The third-order valence-electron chi connectivity index (χ3n) is 4.21. The average Bonchev–Trinajstić information content (AvgIpc) is 2.68. The highest BCUT2D eigenvalue weighted by atomic mass is 35.5. The molecule has 0 radical (unpaired) electrons. The minimum absolute atomic E-state index is 0.0502. The highest BCUT2D eigenvalue weighted by Gasteiger charge is 2.43. The molecule has 0 unspecified atom stereocenters. The van der Waals surface area contributed by atoms with E-state index in [0.29, 0.717) is 16.3 Å². The van der Waals surface area contributed by atoms with E-state index >= 15 is 0 Å². The first kappa shape index (κ1) is 11.1. The molecule has 5 heteroatoms. The van der Waals surface area contributed by atoms with Crippen LogP contribution in [0.1, 0.15) is 25.7 Å². The number of anilines is 1. The third-order valence-corrected chi connectivity index (χ3v) is 4.39. The number of halogens is 1. The first-order valence-electron chi connectivity index (χ1n) is 6.09. The lowest BCUT2D eigenvalue weighted by Gasteiger charge is -2.38. The van der Waals surface area contributed by atoms with Crippen molar-refractivity contribution in [1.29, 1.82) is 0 Å². The van der Waals surface area contributed by atoms with Crippen molar-refractivity contribution in [3.05, 3.63) is 21.6 Å². The van der Waals surface area contributed by atoms with Crippen LogP contribution in [0.3, 0.4) is 0 Å². The number of aromatic nitrogens is 2. The molecule has 3 rings (SSSR count). The van der Waals surface area contributed by atoms with Crippen LogP contribution in [0, 0.1) is 5.41 Å². The van der Waals surface area contributed by atoms with Gasteiger partial charge in [-0.1, -0.05) is 18.0 Å². The minimum atomic E-state index is -0.0502. The van der Waals surface area contributed by atoms with Gasteiger partial charge in [0, 0.05) is 26.2 Å². The summed E-state index contributed by atoms with van der Waals surface area (Å²) >= 11 is 5.92. The van der Waals surface area contributed by atoms with Crippen LogP contribution in [0.4, 0.5) is 5.69 Å². The Bertz CT molecular complexity index is 507. The van der Waals surface area contributed by atoms with Gasteiger partial charge in [0.1, 0.15) is 5.69 Å². The molecular formula is C12H16ClN3O. The summed E-state index contributed by atoms with van der Waals surface area (Å²) in [6.07, 6.45) is 5.16. The largest absolute Gasteiger partial charge is 0.366 e. The van der Waals surface area contributed by atoms with Crippen molar-refractivity contribution in [3.63, 3.8) is 0 Å². The Labute approximate surface area is 105 Å². The highest BCUT2D eigenvalue weighted by Crippen LogP contribution is 2.48. The van der Waals surface area contributed by atoms with Crippen LogP contribution < -0.4 is 10.5 Å². The Morgan fingerprint density at radius 3 is 2.76 bits per heavy atom. The molecule has 1 aliphatic carbocycles. The lowest BCUT2D eigenvalue weighted by Crippen LogP contribution is -2.36. The van der Waals surface area contributed by atoms with Crippen LogP contribution in [0.2, 0.25) is 5.15 Å². The molecule has 1 aromatic rings. The number of nitrogens with zero attached hydrogens (tertiary/aromatic N) is 3. The van der Waals surface area contributed by atoms with Gasteiger partial charge < -0.3 is 4.90 Å². The molecule has 1 aromatic heterocycles. The minimum Gasteiger partial charge on any atom is -0.366 e. The van der Waals surface area contributed by atoms with E-state index in [2.05, 4.69) is 10.00 Å². The summed E-state index contributed by atoms with van der Waals surface area (Å²) in [7, 11) is 1.65. The SMILES string of the molecule is Cn1nc(Cl)cc(N2CCC3(CCC3)C2)c1=O. The van der Waals surface area contributed by atoms with Crippen molar-refractivity contribution in [2.45, 2.75) is 25.7 Å². The predicted octanol–water partition coefficient (Wildman–Crippen LogP) is 1.81. The van der Waals surface area contributed by atoms with Gasteiger partial charge in [0.15, 0.2) is 5.15 Å². The van der Waals surface area contributed by atoms with Crippen LogP contribution in [-0.4, -0.2) is 22.9 Å². The molecule has 92 valence electrons. The molecular weight excluding hydrogens is 238 g/mol. The van der Waals surface area contributed by atoms with Gasteiger partial charge >= 0.3 is 0 Å². The summed E-state index contributed by atoms with van der Waals surface area (Å²) in [6.45, 7) is 1.97. The molecule has 0 N–H and O–H groups in total. The van der Waals surface area contributed by atoms with Crippen LogP contribution in [0.25, 0.3) is 0 Å². The zero-order chi connectivity index (χ0) is 12.0. The molecule has 2 fully saturated rings. The zero-order valence-corrected chi connectivity index (χ0v) is 10.7. The van der Waals surface area contributed by atoms with Crippen molar-refractivity contribution in [1.82, 2.24) is 9.78 Å². The molecule has 0 amide bonds. The zero-order valence-electron chi connectivity index (χ0n) is 9.95. The molecule has 1 aliphatic heterocycles. The van der Waals surface area contributed by atoms with Gasteiger partial charge in [-0.05, 0) is 24.7 Å². The third kappa shape index (κ3) is 1.75. The van der Waals surface area contributed by atoms with E-state index in [1.165, 1.54) is 30.4 Å². The van der Waals surface area contributed by atoms with Gasteiger partial charge in [-0.15, -0.1) is 0 Å². The molecule has 1 spiro atoms. The summed E-state index contributed by atoms with van der Waals surface area (Å²) in [6, 6.07) is 1.70. The highest BCUT2D eigenvalue weighted by molar-refractivity contribution is 6.29. The molecule has 1 saturated heterocycles. The lowest BCUT2D eigenvalue weighted by molar-refractivity contribution is 0.165. The Morgan fingerprint density at radius 2 is 2.18 bits per heavy atom. The van der Waals surface area contributed by atoms with Crippen LogP contribution in [0.15, 0.2) is 10.9 Å². The summed E-state index contributed by atoms with van der Waals surface area (Å²) in [4.78, 5) is 14.2. The second kappa shape index (κ2) is 3.73. The Hall–Kier alpha value is -1.03. The number of hydrogen-bond donors (Lipinski definition) is 0. The van der Waals surface area contributed by atoms with E-state index in [1.807, 2.05) is 0 Å². The normalized spacial score (nSPS) is 21.9. The van der Waals surface area contributed by atoms with Gasteiger partial charge in [-0.25, -0.2) is 4.68 Å². The first-order chi connectivity index (χ1) is 8.10. The van der Waals surface area contributed by atoms with Crippen molar-refractivity contribution >= 4 is 17.3 Å². The number of hydrogen-bond acceptors (Lipinski definition) is 3. The van der Waals surface area contributed by atoms with Crippen LogP contribution >= 0.6 is 11.6 Å². The molecule has 1 saturated carbocycles. The van der Waals surface area contributed by atoms with Crippen molar-refractivity contribution < 1.29 is 0 Å². The predicted molar refractivity (Wildman–Crippen MR) is 67.6 cm³/mol. The van der Waals surface area contributed by atoms with E-state index in [0.717, 1.165) is 13.1 Å². The van der Waals surface area contributed by atoms with Crippen molar-refractivity contribution in [2.24, 2.45) is 12.5 Å². The lowest BCUT2D eigenvalue weighted by atomic mass is 9.68. The average molecular weight is 254 g/mol. The summed E-state index contributed by atoms with van der Waals surface area (Å²) in [5, 5.41) is 4.30. The maximum absolute atomic E-state index is 12.0. The van der Waals surface area contributed by atoms with E-state index in [-0.39, 0.29) is 5.56 Å². The maximum atomic E-state index is 12.0. The Balaban J connectivity index is 1.92. The maximum Gasteiger partial charge on any atom is 0.290 e. The molecule has 0 atom stereocenters. The molecule has 2 heterocycles. The van der Waals surface area contributed by atoms with E-state index in [4.69, 9.17) is 11.6 Å². The fraction of sp³-hybridized carbons (Fsp3) is 0.667. The quantitative estimate of drug-likeness (QED) is 0.766. The summed E-state index contributed by atoms with van der Waals surface area (Å²) in [5.74, 6) is 0. The summed E-state index contributed by atoms with van der Waals surface area (Å²) < 4.78 is 1.32. The van der Waals surface area contributed by atoms with Gasteiger partial charge in [-0.3, -0.25) is 4.79 Å². The van der Waals surface area contributed by atoms with E-state index in [9.17, 15) is 4.79 Å². The second-order valence-corrected chi connectivity index (χ2v) is 5.69. The number of aryl methyl sites for hydroxylation is 1. The van der Waals surface area contributed by atoms with E-state index in [1.54, 1.807) is 13.1 Å². The van der Waals surface area contributed by atoms with Crippen LogP contribution in [-0.2, 0) is 7.05 Å². The van der Waals surface area contributed by atoms with E-state index < -0.39 is 0 Å². The fourth-order valence-corrected chi connectivity index (χ4v) is 3.23. The topological polar surface area (TPSA) is 38.1 Å². The molecule has 0 bridgehead atoms. The Morgan fingerprint density at radius 1 is 1.41 bits per heavy atom. The van der Waals surface area contributed by atoms with Crippen molar-refractivity contribution in [3.8, 4) is 0 Å². The second-order valence-electron chi connectivity index (χ2n) is 5.31.